The van der Waals surface area contributed by atoms with Crippen LogP contribution >= 0.6 is 0 Å². The highest BCUT2D eigenvalue weighted by atomic mass is 19.1. The van der Waals surface area contributed by atoms with E-state index < -0.39 is 17.5 Å². The van der Waals surface area contributed by atoms with Gasteiger partial charge >= 0.3 is 0 Å². The van der Waals surface area contributed by atoms with E-state index in [4.69, 9.17) is 0 Å². The van der Waals surface area contributed by atoms with Crippen molar-refractivity contribution in [3.63, 3.8) is 0 Å². The average Bonchev–Trinajstić information content (AvgIpc) is 2.64. The second-order valence-corrected chi connectivity index (χ2v) is 7.30. The van der Waals surface area contributed by atoms with Crippen LogP contribution < -0.4 is 10.6 Å². The number of amides is 1. The number of hydrogen-bond acceptors (Lipinski definition) is 4. The third-order valence-corrected chi connectivity index (χ3v) is 4.07. The third-order valence-electron chi connectivity index (χ3n) is 4.07. The highest BCUT2D eigenvalue weighted by molar-refractivity contribution is 6.03. The summed E-state index contributed by atoms with van der Waals surface area (Å²) >= 11 is 0. The number of benzene rings is 2. The maximum absolute atomic E-state index is 13.7. The molecule has 0 radical (unpaired) electrons. The molecule has 144 valence electrons. The summed E-state index contributed by atoms with van der Waals surface area (Å²) in [5.41, 5.74) is 1.93. The van der Waals surface area contributed by atoms with Crippen molar-refractivity contribution < 1.29 is 13.6 Å². The molecule has 0 bridgehead atoms. The van der Waals surface area contributed by atoms with Gasteiger partial charge in [0.1, 0.15) is 17.3 Å². The van der Waals surface area contributed by atoms with Crippen molar-refractivity contribution in [2.24, 2.45) is 0 Å². The van der Waals surface area contributed by atoms with Crippen molar-refractivity contribution in [3.05, 3.63) is 77.6 Å². The van der Waals surface area contributed by atoms with Crippen molar-refractivity contribution in [1.82, 2.24) is 9.97 Å². The Morgan fingerprint density at radius 1 is 1.00 bits per heavy atom. The van der Waals surface area contributed by atoms with Crippen LogP contribution in [0.2, 0.25) is 0 Å². The van der Waals surface area contributed by atoms with E-state index in [1.165, 1.54) is 17.8 Å². The van der Waals surface area contributed by atoms with Gasteiger partial charge in [0.15, 0.2) is 0 Å². The predicted molar refractivity (Wildman–Crippen MR) is 105 cm³/mol. The molecule has 0 aliphatic heterocycles. The van der Waals surface area contributed by atoms with Gasteiger partial charge in [0.2, 0.25) is 5.95 Å². The van der Waals surface area contributed by atoms with Crippen LogP contribution in [-0.4, -0.2) is 15.9 Å². The number of hydrogen-bond donors (Lipinski definition) is 2. The van der Waals surface area contributed by atoms with Crippen molar-refractivity contribution in [1.29, 1.82) is 0 Å². The Hall–Kier alpha value is -3.35. The lowest BCUT2D eigenvalue weighted by atomic mass is 9.87. The topological polar surface area (TPSA) is 66.9 Å². The molecule has 0 atom stereocenters. The van der Waals surface area contributed by atoms with Gasteiger partial charge in [0.25, 0.3) is 5.91 Å². The van der Waals surface area contributed by atoms with Crippen LogP contribution in [0.25, 0.3) is 0 Å². The summed E-state index contributed by atoms with van der Waals surface area (Å²) < 4.78 is 26.7. The quantitative estimate of drug-likeness (QED) is 0.663. The lowest BCUT2D eigenvalue weighted by molar-refractivity contribution is 0.102. The van der Waals surface area contributed by atoms with Crippen molar-refractivity contribution in [2.45, 2.75) is 26.2 Å². The highest BCUT2D eigenvalue weighted by Gasteiger charge is 2.14. The molecule has 7 heteroatoms. The second-order valence-electron chi connectivity index (χ2n) is 7.30. The summed E-state index contributed by atoms with van der Waals surface area (Å²) in [6, 6.07) is 12.2. The first kappa shape index (κ1) is 19.4. The van der Waals surface area contributed by atoms with E-state index in [1.807, 2.05) is 24.3 Å². The molecule has 0 spiro atoms. The molecular formula is C21H20F2N4O. The van der Waals surface area contributed by atoms with E-state index in [2.05, 4.69) is 41.4 Å². The normalized spacial score (nSPS) is 11.2. The lowest BCUT2D eigenvalue weighted by Crippen LogP contribution is -2.15. The summed E-state index contributed by atoms with van der Waals surface area (Å²) in [5, 5.41) is 5.40. The fraction of sp³-hybridized carbons (Fsp3) is 0.190. The van der Waals surface area contributed by atoms with E-state index in [9.17, 15) is 13.6 Å². The first-order valence-electron chi connectivity index (χ1n) is 8.69. The number of aromatic nitrogens is 2. The molecule has 1 aromatic heterocycles. The molecule has 0 saturated carbocycles. The van der Waals surface area contributed by atoms with Crippen LogP contribution in [0.4, 0.5) is 26.1 Å². The maximum Gasteiger partial charge on any atom is 0.274 e. The van der Waals surface area contributed by atoms with Crippen LogP contribution in [0, 0.1) is 11.6 Å². The number of rotatable bonds is 4. The van der Waals surface area contributed by atoms with Crippen molar-refractivity contribution in [2.75, 3.05) is 10.6 Å². The predicted octanol–water partition coefficient (Wildman–Crippen LogP) is 5.05. The summed E-state index contributed by atoms with van der Waals surface area (Å²) in [5.74, 6) is -1.98. The number of nitrogens with zero attached hydrogens (tertiary/aromatic N) is 2. The molecule has 28 heavy (non-hydrogen) atoms. The molecule has 0 unspecified atom stereocenters. The summed E-state index contributed by atoms with van der Waals surface area (Å²) in [6.07, 6.45) is 1.43. The molecule has 5 nitrogen and oxygen atoms in total. The summed E-state index contributed by atoms with van der Waals surface area (Å²) in [4.78, 5) is 20.6. The standard InChI is InChI=1S/C21H20F2N4O/c1-21(2,3)13-4-7-15(8-5-13)25-20-24-11-10-18(27-20)19(28)26-17-9-6-14(22)12-16(17)23/h4-12H,1-3H3,(H,26,28)(H,24,25,27). The minimum absolute atomic E-state index is 0.0443. The average molecular weight is 382 g/mol. The zero-order valence-electron chi connectivity index (χ0n) is 15.8. The van der Waals surface area contributed by atoms with E-state index >= 15 is 0 Å². The van der Waals surface area contributed by atoms with Crippen LogP contribution in [0.15, 0.2) is 54.7 Å². The van der Waals surface area contributed by atoms with Gasteiger partial charge in [-0.2, -0.15) is 0 Å². The van der Waals surface area contributed by atoms with Gasteiger partial charge < -0.3 is 10.6 Å². The molecule has 3 aromatic rings. The first-order chi connectivity index (χ1) is 13.2. The second kappa shape index (κ2) is 7.72. The first-order valence-corrected chi connectivity index (χ1v) is 8.69. The van der Waals surface area contributed by atoms with Gasteiger partial charge in [-0.25, -0.2) is 18.7 Å². The Kier molecular flexibility index (Phi) is 5.35. The largest absolute Gasteiger partial charge is 0.324 e. The summed E-state index contributed by atoms with van der Waals surface area (Å²) in [6.45, 7) is 6.39. The molecule has 0 fully saturated rings. The van der Waals surface area contributed by atoms with E-state index in [0.717, 1.165) is 17.8 Å². The smallest absolute Gasteiger partial charge is 0.274 e. The van der Waals surface area contributed by atoms with Crippen molar-refractivity contribution >= 4 is 23.2 Å². The van der Waals surface area contributed by atoms with E-state index in [0.29, 0.717) is 6.07 Å². The Morgan fingerprint density at radius 3 is 2.36 bits per heavy atom. The Bertz CT molecular complexity index is 998. The zero-order chi connectivity index (χ0) is 20.3. The van der Waals surface area contributed by atoms with Crippen LogP contribution in [0.3, 0.4) is 0 Å². The monoisotopic (exact) mass is 382 g/mol. The van der Waals surface area contributed by atoms with Gasteiger partial charge in [0.05, 0.1) is 5.69 Å². The Morgan fingerprint density at radius 2 is 1.71 bits per heavy atom. The molecule has 1 amide bonds. The van der Waals surface area contributed by atoms with Crippen LogP contribution in [0.5, 0.6) is 0 Å². The zero-order valence-corrected chi connectivity index (χ0v) is 15.8. The highest BCUT2D eigenvalue weighted by Crippen LogP contribution is 2.24. The minimum Gasteiger partial charge on any atom is -0.324 e. The maximum atomic E-state index is 13.7. The number of anilines is 3. The molecule has 2 N–H and O–H groups in total. The Balaban J connectivity index is 1.73. The molecule has 1 heterocycles. The number of halogens is 2. The minimum atomic E-state index is -0.861. The molecule has 0 aliphatic rings. The molecule has 0 aliphatic carbocycles. The summed E-state index contributed by atoms with van der Waals surface area (Å²) in [7, 11) is 0. The van der Waals surface area contributed by atoms with Crippen LogP contribution in [0.1, 0.15) is 36.8 Å². The SMILES string of the molecule is CC(C)(C)c1ccc(Nc2nccc(C(=O)Nc3ccc(F)cc3F)n2)cc1. The number of nitrogens with one attached hydrogen (secondary N) is 2. The lowest BCUT2D eigenvalue weighted by Gasteiger charge is -2.19. The Labute approximate surface area is 161 Å². The van der Waals surface area contributed by atoms with Crippen LogP contribution in [-0.2, 0) is 5.41 Å². The fourth-order valence-electron chi connectivity index (χ4n) is 2.51. The van der Waals surface area contributed by atoms with Gasteiger partial charge in [-0.15, -0.1) is 0 Å². The number of carbonyl (C=O) groups excluding carboxylic acids is 1. The molecule has 0 saturated heterocycles. The number of carbonyl (C=O) groups is 1. The fourth-order valence-corrected chi connectivity index (χ4v) is 2.51. The molecule has 3 rings (SSSR count). The third kappa shape index (κ3) is 4.68. The molecular weight excluding hydrogens is 362 g/mol. The van der Waals surface area contributed by atoms with Gasteiger partial charge in [0, 0.05) is 18.0 Å². The van der Waals surface area contributed by atoms with Gasteiger partial charge in [-0.05, 0) is 41.3 Å². The van der Waals surface area contributed by atoms with Gasteiger partial charge in [-0.1, -0.05) is 32.9 Å². The van der Waals surface area contributed by atoms with Gasteiger partial charge in [-0.3, -0.25) is 4.79 Å². The van der Waals surface area contributed by atoms with E-state index in [-0.39, 0.29) is 22.7 Å². The molecule has 2 aromatic carbocycles. The van der Waals surface area contributed by atoms with E-state index in [1.54, 1.807) is 0 Å². The van der Waals surface area contributed by atoms with Crippen molar-refractivity contribution in [3.8, 4) is 0 Å².